The number of aromatic nitrogens is 1. The average molecular weight is 261 g/mol. The van der Waals surface area contributed by atoms with Crippen LogP contribution in [-0.2, 0) is 17.8 Å². The first-order chi connectivity index (χ1) is 9.25. The summed E-state index contributed by atoms with van der Waals surface area (Å²) >= 11 is 0. The molecule has 0 bridgehead atoms. The second kappa shape index (κ2) is 5.05. The Morgan fingerprint density at radius 3 is 2.95 bits per heavy atom. The highest BCUT2D eigenvalue weighted by Gasteiger charge is 2.16. The summed E-state index contributed by atoms with van der Waals surface area (Å²) in [6.45, 7) is 1.26. The molecule has 0 fully saturated rings. The molecule has 0 amide bonds. The van der Waals surface area contributed by atoms with Crippen LogP contribution in [-0.4, -0.2) is 11.6 Å². The lowest BCUT2D eigenvalue weighted by molar-refractivity contribution is 0.111. The molecule has 2 nitrogen and oxygen atoms in total. The number of halogens is 2. The van der Waals surface area contributed by atoms with E-state index in [1.165, 1.54) is 17.8 Å². The first kappa shape index (κ1) is 12.2. The van der Waals surface area contributed by atoms with E-state index >= 15 is 0 Å². The Kier molecular flexibility index (Phi) is 3.25. The summed E-state index contributed by atoms with van der Waals surface area (Å²) in [4.78, 5) is 3.92. The van der Waals surface area contributed by atoms with Gasteiger partial charge in [-0.2, -0.15) is 0 Å². The van der Waals surface area contributed by atoms with E-state index in [1.54, 1.807) is 6.20 Å². The maximum absolute atomic E-state index is 12.7. The van der Waals surface area contributed by atoms with Crippen molar-refractivity contribution in [2.45, 2.75) is 19.5 Å². The van der Waals surface area contributed by atoms with Crippen molar-refractivity contribution >= 4 is 0 Å². The van der Waals surface area contributed by atoms with Crippen LogP contribution in [0, 0.1) is 0 Å². The minimum Gasteiger partial charge on any atom is -0.376 e. The molecule has 1 aliphatic rings. The van der Waals surface area contributed by atoms with Crippen LogP contribution in [0.15, 0.2) is 36.7 Å². The number of fused-ring (bicyclic) bond motifs is 1. The number of nitrogens with zero attached hydrogens (tertiary/aromatic N) is 1. The Bertz CT molecular complexity index is 598. The minimum atomic E-state index is -2.49. The molecule has 2 heterocycles. The Morgan fingerprint density at radius 1 is 1.21 bits per heavy atom. The predicted molar refractivity (Wildman–Crippen MR) is 68.0 cm³/mol. The fourth-order valence-electron chi connectivity index (χ4n) is 2.42. The number of ether oxygens (including phenoxy) is 1. The Balaban J connectivity index is 2.09. The van der Waals surface area contributed by atoms with Gasteiger partial charge in [0.1, 0.15) is 0 Å². The smallest absolute Gasteiger partial charge is 0.265 e. The maximum Gasteiger partial charge on any atom is 0.265 e. The molecule has 19 heavy (non-hydrogen) atoms. The van der Waals surface area contributed by atoms with Crippen LogP contribution < -0.4 is 0 Å². The zero-order chi connectivity index (χ0) is 13.2. The van der Waals surface area contributed by atoms with Crippen LogP contribution in [0.25, 0.3) is 11.1 Å². The summed E-state index contributed by atoms with van der Waals surface area (Å²) in [6.07, 6.45) is 1.17. The standard InChI is InChI=1S/C15H13F2NO/c16-15(17)12-6-11(7-18-8-12)13-3-1-2-10-9-19-5-4-14(10)13/h1-3,6-8,15H,4-5,9H2. The molecule has 1 aromatic carbocycles. The first-order valence-electron chi connectivity index (χ1n) is 6.17. The van der Waals surface area contributed by atoms with Crippen molar-refractivity contribution in [2.24, 2.45) is 0 Å². The third-order valence-electron chi connectivity index (χ3n) is 3.35. The van der Waals surface area contributed by atoms with Gasteiger partial charge in [-0.25, -0.2) is 8.78 Å². The summed E-state index contributed by atoms with van der Waals surface area (Å²) < 4.78 is 30.9. The van der Waals surface area contributed by atoms with Crippen LogP contribution in [0.1, 0.15) is 23.1 Å². The van der Waals surface area contributed by atoms with E-state index in [1.807, 2.05) is 18.2 Å². The van der Waals surface area contributed by atoms with Crippen molar-refractivity contribution in [1.82, 2.24) is 4.98 Å². The molecular formula is C15H13F2NO. The lowest BCUT2D eigenvalue weighted by Gasteiger charge is -2.20. The normalized spacial score (nSPS) is 14.5. The van der Waals surface area contributed by atoms with Crippen LogP contribution in [0.4, 0.5) is 8.78 Å². The topological polar surface area (TPSA) is 22.1 Å². The number of rotatable bonds is 2. The van der Waals surface area contributed by atoms with Gasteiger partial charge in [0.15, 0.2) is 0 Å². The van der Waals surface area contributed by atoms with E-state index in [2.05, 4.69) is 4.98 Å². The molecule has 1 aliphatic heterocycles. The molecule has 0 atom stereocenters. The molecule has 0 saturated carbocycles. The maximum atomic E-state index is 12.7. The Hall–Kier alpha value is -1.81. The van der Waals surface area contributed by atoms with Crippen molar-refractivity contribution in [3.63, 3.8) is 0 Å². The van der Waals surface area contributed by atoms with Crippen LogP contribution >= 0.6 is 0 Å². The SMILES string of the molecule is FC(F)c1cncc(-c2cccc3c2CCOC3)c1. The second-order valence-electron chi connectivity index (χ2n) is 4.55. The Labute approximate surface area is 110 Å². The number of benzene rings is 1. The fourth-order valence-corrected chi connectivity index (χ4v) is 2.42. The number of hydrogen-bond acceptors (Lipinski definition) is 2. The van der Waals surface area contributed by atoms with Gasteiger partial charge in [-0.05, 0) is 29.2 Å². The van der Waals surface area contributed by atoms with Crippen molar-refractivity contribution in [2.75, 3.05) is 6.61 Å². The predicted octanol–water partition coefficient (Wildman–Crippen LogP) is 3.76. The lowest BCUT2D eigenvalue weighted by Crippen LogP contribution is -2.10. The van der Waals surface area contributed by atoms with Crippen molar-refractivity contribution in [1.29, 1.82) is 0 Å². The van der Waals surface area contributed by atoms with E-state index in [9.17, 15) is 8.78 Å². The number of hydrogen-bond donors (Lipinski definition) is 0. The molecule has 0 N–H and O–H groups in total. The third kappa shape index (κ3) is 2.36. The van der Waals surface area contributed by atoms with Gasteiger partial charge >= 0.3 is 0 Å². The van der Waals surface area contributed by atoms with Crippen molar-refractivity contribution < 1.29 is 13.5 Å². The molecule has 98 valence electrons. The van der Waals surface area contributed by atoms with Gasteiger partial charge in [-0.1, -0.05) is 18.2 Å². The minimum absolute atomic E-state index is 0.0397. The molecule has 4 heteroatoms. The monoisotopic (exact) mass is 261 g/mol. The van der Waals surface area contributed by atoms with E-state index in [0.29, 0.717) is 13.2 Å². The number of pyridine rings is 1. The van der Waals surface area contributed by atoms with E-state index in [-0.39, 0.29) is 5.56 Å². The highest BCUT2D eigenvalue weighted by Crippen LogP contribution is 2.31. The van der Waals surface area contributed by atoms with E-state index in [0.717, 1.165) is 23.1 Å². The summed E-state index contributed by atoms with van der Waals surface area (Å²) in [7, 11) is 0. The molecular weight excluding hydrogens is 248 g/mol. The van der Waals surface area contributed by atoms with Gasteiger partial charge in [-0.15, -0.1) is 0 Å². The first-order valence-corrected chi connectivity index (χ1v) is 6.17. The molecule has 0 radical (unpaired) electrons. The van der Waals surface area contributed by atoms with Crippen molar-refractivity contribution in [3.05, 3.63) is 53.3 Å². The van der Waals surface area contributed by atoms with Gasteiger partial charge in [0.2, 0.25) is 0 Å². The van der Waals surface area contributed by atoms with Gasteiger partial charge in [0, 0.05) is 23.5 Å². The third-order valence-corrected chi connectivity index (χ3v) is 3.35. The molecule has 0 spiro atoms. The molecule has 0 saturated heterocycles. The van der Waals surface area contributed by atoms with Gasteiger partial charge < -0.3 is 4.74 Å². The van der Waals surface area contributed by atoms with E-state index < -0.39 is 6.43 Å². The summed E-state index contributed by atoms with van der Waals surface area (Å²) in [5.41, 5.74) is 4.00. The van der Waals surface area contributed by atoms with Gasteiger partial charge in [-0.3, -0.25) is 4.98 Å². The van der Waals surface area contributed by atoms with Crippen LogP contribution in [0.5, 0.6) is 0 Å². The zero-order valence-electron chi connectivity index (χ0n) is 10.3. The lowest BCUT2D eigenvalue weighted by atomic mass is 9.93. The fraction of sp³-hybridized carbons (Fsp3) is 0.267. The van der Waals surface area contributed by atoms with E-state index in [4.69, 9.17) is 4.74 Å². The van der Waals surface area contributed by atoms with Gasteiger partial charge in [0.25, 0.3) is 6.43 Å². The average Bonchev–Trinajstić information content (AvgIpc) is 2.47. The molecule has 0 unspecified atom stereocenters. The summed E-state index contributed by atoms with van der Waals surface area (Å²) in [6, 6.07) is 7.42. The number of alkyl halides is 2. The quantitative estimate of drug-likeness (QED) is 0.821. The van der Waals surface area contributed by atoms with Gasteiger partial charge in [0.05, 0.1) is 13.2 Å². The van der Waals surface area contributed by atoms with Crippen LogP contribution in [0.2, 0.25) is 0 Å². The largest absolute Gasteiger partial charge is 0.376 e. The van der Waals surface area contributed by atoms with Crippen LogP contribution in [0.3, 0.4) is 0 Å². The highest BCUT2D eigenvalue weighted by molar-refractivity contribution is 5.69. The molecule has 0 aliphatic carbocycles. The summed E-state index contributed by atoms with van der Waals surface area (Å²) in [5, 5.41) is 0. The molecule has 2 aromatic rings. The second-order valence-corrected chi connectivity index (χ2v) is 4.55. The molecule has 3 rings (SSSR count). The Morgan fingerprint density at radius 2 is 2.11 bits per heavy atom. The zero-order valence-corrected chi connectivity index (χ0v) is 10.3. The van der Waals surface area contributed by atoms with Crippen molar-refractivity contribution in [3.8, 4) is 11.1 Å². The summed E-state index contributed by atoms with van der Waals surface area (Å²) in [5.74, 6) is 0. The molecule has 1 aromatic heterocycles. The highest BCUT2D eigenvalue weighted by atomic mass is 19.3.